The zero-order valence-corrected chi connectivity index (χ0v) is 16.2. The number of nitrogens with one attached hydrogen (secondary N) is 2. The molecule has 0 spiro atoms. The lowest BCUT2D eigenvalue weighted by Gasteiger charge is -2.33. The van der Waals surface area contributed by atoms with Gasteiger partial charge in [0.05, 0.1) is 43.1 Å². The van der Waals surface area contributed by atoms with Gasteiger partial charge in [0.1, 0.15) is 5.76 Å². The van der Waals surface area contributed by atoms with E-state index in [2.05, 4.69) is 15.4 Å². The average Bonchev–Trinajstić information content (AvgIpc) is 3.52. The average molecular weight is 403 g/mol. The highest BCUT2D eigenvalue weighted by Gasteiger charge is 2.31. The van der Waals surface area contributed by atoms with Crippen molar-refractivity contribution >= 4 is 22.7 Å². The Morgan fingerprint density at radius 1 is 1.20 bits per heavy atom. The van der Waals surface area contributed by atoms with Crippen LogP contribution in [0, 0.1) is 0 Å². The normalized spacial score (nSPS) is 15.9. The molecule has 0 fully saturated rings. The Morgan fingerprint density at radius 3 is 2.97 bits per heavy atom. The van der Waals surface area contributed by atoms with E-state index in [1.54, 1.807) is 29.6 Å². The smallest absolute Gasteiger partial charge is 0.256 e. The highest BCUT2D eigenvalue weighted by molar-refractivity contribution is 6.06. The number of carbonyl (C=O) groups excluding carboxylic acids is 2. The van der Waals surface area contributed by atoms with Crippen molar-refractivity contribution < 1.29 is 14.0 Å². The van der Waals surface area contributed by atoms with Crippen LogP contribution in [-0.2, 0) is 17.9 Å². The van der Waals surface area contributed by atoms with Crippen molar-refractivity contribution in [3.63, 3.8) is 0 Å². The van der Waals surface area contributed by atoms with Crippen LogP contribution in [0.15, 0.2) is 65.5 Å². The van der Waals surface area contributed by atoms with E-state index in [1.807, 2.05) is 41.1 Å². The predicted octanol–water partition coefficient (Wildman–Crippen LogP) is 2.86. The van der Waals surface area contributed by atoms with Gasteiger partial charge in [-0.1, -0.05) is 18.2 Å². The number of rotatable bonds is 5. The lowest BCUT2D eigenvalue weighted by atomic mass is 10.1. The van der Waals surface area contributed by atoms with Crippen LogP contribution in [0.5, 0.6) is 0 Å². The summed E-state index contributed by atoms with van der Waals surface area (Å²) >= 11 is 0. The Morgan fingerprint density at radius 2 is 2.10 bits per heavy atom. The van der Waals surface area contributed by atoms with Crippen LogP contribution in [0.25, 0.3) is 10.9 Å². The van der Waals surface area contributed by atoms with Gasteiger partial charge in [-0.25, -0.2) is 0 Å². The number of aromatic amines is 1. The summed E-state index contributed by atoms with van der Waals surface area (Å²) < 4.78 is 7.11. The van der Waals surface area contributed by atoms with E-state index in [4.69, 9.17) is 4.42 Å². The van der Waals surface area contributed by atoms with Gasteiger partial charge in [-0.15, -0.1) is 0 Å². The lowest BCUT2D eigenvalue weighted by molar-refractivity contribution is -0.122. The van der Waals surface area contributed by atoms with Crippen LogP contribution in [0.1, 0.15) is 34.3 Å². The number of hydrogen-bond donors (Lipinski definition) is 2. The van der Waals surface area contributed by atoms with Gasteiger partial charge in [0.2, 0.25) is 5.91 Å². The standard InChI is InChI=1S/C22H21N5O3/c28-21(24-11-17-4-3-9-30-17)10-16-14-26(13-15-7-8-25-27(15)16)22(29)19-12-23-20-6-2-1-5-18(19)20/h1-9,12,16,23H,10-11,13-14H2,(H,24,28). The molecule has 8 heteroatoms. The van der Waals surface area contributed by atoms with Crippen molar-refractivity contribution in [2.75, 3.05) is 6.54 Å². The number of amides is 2. The van der Waals surface area contributed by atoms with Gasteiger partial charge in [-0.05, 0) is 24.3 Å². The zero-order chi connectivity index (χ0) is 20.5. The molecule has 1 aliphatic heterocycles. The summed E-state index contributed by atoms with van der Waals surface area (Å²) in [5.74, 6) is 0.531. The molecule has 3 aromatic heterocycles. The molecule has 4 heterocycles. The minimum atomic E-state index is -0.227. The van der Waals surface area contributed by atoms with Crippen molar-refractivity contribution in [1.82, 2.24) is 25.0 Å². The highest BCUT2D eigenvalue weighted by atomic mass is 16.3. The number of H-pyrrole nitrogens is 1. The fourth-order valence-corrected chi connectivity index (χ4v) is 4.00. The van der Waals surface area contributed by atoms with Gasteiger partial charge in [0, 0.05) is 29.8 Å². The summed E-state index contributed by atoms with van der Waals surface area (Å²) in [6.07, 6.45) is 5.27. The molecule has 0 radical (unpaired) electrons. The molecule has 30 heavy (non-hydrogen) atoms. The van der Waals surface area contributed by atoms with Crippen molar-refractivity contribution in [3.8, 4) is 0 Å². The first-order valence-corrected chi connectivity index (χ1v) is 9.86. The van der Waals surface area contributed by atoms with Gasteiger partial charge in [0.15, 0.2) is 0 Å². The molecule has 1 aliphatic rings. The minimum Gasteiger partial charge on any atom is -0.467 e. The van der Waals surface area contributed by atoms with Crippen molar-refractivity contribution in [2.24, 2.45) is 0 Å². The van der Waals surface area contributed by atoms with E-state index in [-0.39, 0.29) is 24.3 Å². The summed E-state index contributed by atoms with van der Waals surface area (Å²) in [5.41, 5.74) is 2.48. The topological polar surface area (TPSA) is 96.2 Å². The van der Waals surface area contributed by atoms with Crippen LogP contribution in [0.2, 0.25) is 0 Å². The highest BCUT2D eigenvalue weighted by Crippen LogP contribution is 2.26. The van der Waals surface area contributed by atoms with Gasteiger partial charge in [-0.3, -0.25) is 14.3 Å². The van der Waals surface area contributed by atoms with Gasteiger partial charge in [0.25, 0.3) is 5.91 Å². The Kier molecular flexibility index (Phi) is 4.59. The molecule has 0 saturated heterocycles. The number of furan rings is 1. The Balaban J connectivity index is 1.33. The van der Waals surface area contributed by atoms with Crippen LogP contribution in [0.4, 0.5) is 0 Å². The molecule has 152 valence electrons. The lowest BCUT2D eigenvalue weighted by Crippen LogP contribution is -2.42. The maximum atomic E-state index is 13.3. The van der Waals surface area contributed by atoms with Crippen LogP contribution in [0.3, 0.4) is 0 Å². The molecule has 2 amide bonds. The third-order valence-corrected chi connectivity index (χ3v) is 5.45. The molecule has 1 unspecified atom stereocenters. The largest absolute Gasteiger partial charge is 0.467 e. The SMILES string of the molecule is O=C(CC1CN(C(=O)c2c[nH]c3ccccc23)Cc2ccnn21)NCc1ccco1. The molecule has 5 rings (SSSR count). The van der Waals surface area contributed by atoms with Gasteiger partial charge >= 0.3 is 0 Å². The second-order valence-corrected chi connectivity index (χ2v) is 7.41. The van der Waals surface area contributed by atoms with Crippen LogP contribution >= 0.6 is 0 Å². The van der Waals surface area contributed by atoms with E-state index in [0.29, 0.717) is 31.0 Å². The first kappa shape index (κ1) is 18.2. The van der Waals surface area contributed by atoms with E-state index >= 15 is 0 Å². The first-order valence-electron chi connectivity index (χ1n) is 9.86. The summed E-state index contributed by atoms with van der Waals surface area (Å²) in [4.78, 5) is 30.7. The van der Waals surface area contributed by atoms with Gasteiger partial charge < -0.3 is 19.6 Å². The molecule has 1 aromatic carbocycles. The number of aromatic nitrogens is 3. The number of para-hydroxylation sites is 1. The molecular weight excluding hydrogens is 382 g/mol. The van der Waals surface area contributed by atoms with Gasteiger partial charge in [-0.2, -0.15) is 5.10 Å². The van der Waals surface area contributed by atoms with E-state index in [1.165, 1.54) is 0 Å². The maximum Gasteiger partial charge on any atom is 0.256 e. The number of carbonyl (C=O) groups is 2. The van der Waals surface area contributed by atoms with Crippen LogP contribution < -0.4 is 5.32 Å². The number of benzene rings is 1. The molecular formula is C22H21N5O3. The van der Waals surface area contributed by atoms with Crippen molar-refractivity contribution in [2.45, 2.75) is 25.6 Å². The summed E-state index contributed by atoms with van der Waals surface area (Å²) in [5, 5.41) is 8.15. The van der Waals surface area contributed by atoms with Crippen molar-refractivity contribution in [1.29, 1.82) is 0 Å². The first-order chi connectivity index (χ1) is 14.7. The molecule has 2 N–H and O–H groups in total. The number of hydrogen-bond acceptors (Lipinski definition) is 4. The fourth-order valence-electron chi connectivity index (χ4n) is 4.00. The minimum absolute atomic E-state index is 0.0547. The Hall–Kier alpha value is -3.81. The Bertz CT molecular complexity index is 1190. The van der Waals surface area contributed by atoms with Crippen LogP contribution in [-0.4, -0.2) is 38.0 Å². The number of nitrogens with zero attached hydrogens (tertiary/aromatic N) is 3. The second kappa shape index (κ2) is 7.55. The summed E-state index contributed by atoms with van der Waals surface area (Å²) in [7, 11) is 0. The van der Waals surface area contributed by atoms with Crippen molar-refractivity contribution in [3.05, 3.63) is 78.1 Å². The Labute approximate surface area is 172 Å². The predicted molar refractivity (Wildman–Crippen MR) is 109 cm³/mol. The van der Waals surface area contributed by atoms with E-state index in [9.17, 15) is 9.59 Å². The monoisotopic (exact) mass is 403 g/mol. The molecule has 0 aliphatic carbocycles. The summed E-state index contributed by atoms with van der Waals surface area (Å²) in [6.45, 7) is 1.21. The molecule has 4 aromatic rings. The second-order valence-electron chi connectivity index (χ2n) is 7.41. The molecule has 8 nitrogen and oxygen atoms in total. The maximum absolute atomic E-state index is 13.3. The molecule has 0 bridgehead atoms. The quantitative estimate of drug-likeness (QED) is 0.536. The third-order valence-electron chi connectivity index (χ3n) is 5.45. The number of fused-ring (bicyclic) bond motifs is 2. The summed E-state index contributed by atoms with van der Waals surface area (Å²) in [6, 6.07) is 13.0. The van der Waals surface area contributed by atoms with E-state index in [0.717, 1.165) is 16.6 Å². The fraction of sp³-hybridized carbons (Fsp3) is 0.227. The van der Waals surface area contributed by atoms with E-state index < -0.39 is 0 Å². The molecule has 0 saturated carbocycles. The zero-order valence-electron chi connectivity index (χ0n) is 16.2. The third kappa shape index (κ3) is 3.36. The molecule has 1 atom stereocenters.